The number of fused-ring (bicyclic) bond motifs is 1. The van der Waals surface area contributed by atoms with Crippen LogP contribution in [0.15, 0.2) is 41.3 Å². The van der Waals surface area contributed by atoms with E-state index in [1.54, 1.807) is 18.2 Å². The fourth-order valence-electron chi connectivity index (χ4n) is 3.25. The van der Waals surface area contributed by atoms with E-state index in [1.807, 2.05) is 18.2 Å². The Morgan fingerprint density at radius 3 is 2.61 bits per heavy atom. The van der Waals surface area contributed by atoms with Gasteiger partial charge in [0.2, 0.25) is 10.0 Å². The lowest BCUT2D eigenvalue weighted by Gasteiger charge is -2.24. The van der Waals surface area contributed by atoms with Gasteiger partial charge in [0.15, 0.2) is 0 Å². The Bertz CT molecular complexity index is 832. The van der Waals surface area contributed by atoms with Gasteiger partial charge in [-0.05, 0) is 42.9 Å². The van der Waals surface area contributed by atoms with Crippen molar-refractivity contribution in [2.45, 2.75) is 18.2 Å². The number of hydrogen-bond donors (Lipinski definition) is 1. The highest BCUT2D eigenvalue weighted by Gasteiger charge is 2.33. The Balaban J connectivity index is 1.92. The summed E-state index contributed by atoms with van der Waals surface area (Å²) in [5.74, 6) is 0. The average molecular weight is 353 g/mol. The van der Waals surface area contributed by atoms with Crippen LogP contribution in [0.5, 0.6) is 0 Å². The Labute approximate surface area is 142 Å². The minimum Gasteiger partial charge on any atom is -0.306 e. The van der Waals surface area contributed by atoms with Crippen LogP contribution in [0.1, 0.15) is 13.3 Å². The molecule has 1 aliphatic rings. The van der Waals surface area contributed by atoms with Crippen LogP contribution in [0.3, 0.4) is 0 Å². The summed E-state index contributed by atoms with van der Waals surface area (Å²) in [6.45, 7) is 4.44. The second kappa shape index (κ2) is 6.06. The largest absolute Gasteiger partial charge is 0.306 e. The van der Waals surface area contributed by atoms with Gasteiger partial charge in [-0.3, -0.25) is 0 Å². The number of sulfonamides is 1. The highest BCUT2D eigenvalue weighted by Crippen LogP contribution is 2.31. The van der Waals surface area contributed by atoms with Crippen LogP contribution in [-0.2, 0) is 10.0 Å². The van der Waals surface area contributed by atoms with Crippen LogP contribution in [0, 0.1) is 5.41 Å². The quantitative estimate of drug-likeness (QED) is 0.919. The van der Waals surface area contributed by atoms with Crippen molar-refractivity contribution in [1.82, 2.24) is 9.62 Å². The van der Waals surface area contributed by atoms with Gasteiger partial charge in [-0.2, -0.15) is 0 Å². The van der Waals surface area contributed by atoms with Crippen LogP contribution in [0.25, 0.3) is 10.8 Å². The molecule has 1 atom stereocenters. The highest BCUT2D eigenvalue weighted by atomic mass is 35.5. The predicted octanol–water partition coefficient (Wildman–Crippen LogP) is 3.11. The van der Waals surface area contributed by atoms with E-state index in [1.165, 1.54) is 0 Å². The topological polar surface area (TPSA) is 49.4 Å². The maximum atomic E-state index is 12.8. The van der Waals surface area contributed by atoms with Crippen molar-refractivity contribution >= 4 is 32.4 Å². The monoisotopic (exact) mass is 352 g/mol. The molecule has 0 saturated carbocycles. The van der Waals surface area contributed by atoms with E-state index >= 15 is 0 Å². The van der Waals surface area contributed by atoms with Crippen LogP contribution < -0.4 is 4.72 Å². The molecule has 0 bridgehead atoms. The second-order valence-electron chi connectivity index (χ2n) is 6.72. The Hall–Kier alpha value is -1.14. The van der Waals surface area contributed by atoms with Gasteiger partial charge in [0.1, 0.15) is 0 Å². The van der Waals surface area contributed by atoms with Crippen LogP contribution in [-0.4, -0.2) is 40.0 Å². The summed E-state index contributed by atoms with van der Waals surface area (Å²) in [6, 6.07) is 10.6. The standard InChI is InChI=1S/C17H21ClN2O2S/c1-17(9-10-20(2)12-17)11-19-23(21,22)15-8-4-6-13-5-3-7-14(18)16(13)15/h3-8,19H,9-12H2,1-2H3/t17-/m0/s1. The van der Waals surface area contributed by atoms with E-state index in [2.05, 4.69) is 23.6 Å². The molecule has 0 radical (unpaired) electrons. The number of halogens is 1. The van der Waals surface area contributed by atoms with Gasteiger partial charge in [0, 0.05) is 23.5 Å². The molecule has 1 saturated heterocycles. The molecule has 0 amide bonds. The van der Waals surface area contributed by atoms with Gasteiger partial charge in [-0.1, -0.05) is 42.8 Å². The number of likely N-dealkylation sites (tertiary alicyclic amines) is 1. The molecule has 0 spiro atoms. The van der Waals surface area contributed by atoms with Crippen LogP contribution >= 0.6 is 11.6 Å². The molecule has 1 N–H and O–H groups in total. The third-order valence-corrected chi connectivity index (χ3v) is 6.30. The number of hydrogen-bond acceptors (Lipinski definition) is 3. The van der Waals surface area contributed by atoms with Gasteiger partial charge in [0.25, 0.3) is 0 Å². The van der Waals surface area contributed by atoms with Crippen LogP contribution in [0.2, 0.25) is 5.02 Å². The molecule has 1 heterocycles. The van der Waals surface area contributed by atoms with Gasteiger partial charge in [0.05, 0.1) is 4.90 Å². The number of nitrogens with zero attached hydrogens (tertiary/aromatic N) is 1. The van der Waals surface area contributed by atoms with E-state index in [0.717, 1.165) is 24.9 Å². The SMILES string of the molecule is CN1CC[C@@](C)(CNS(=O)(=O)c2cccc3cccc(Cl)c23)C1. The van der Waals surface area contributed by atoms with Crippen molar-refractivity contribution in [3.05, 3.63) is 41.4 Å². The van der Waals surface area contributed by atoms with E-state index in [9.17, 15) is 8.42 Å². The van der Waals surface area contributed by atoms with Crippen LogP contribution in [0.4, 0.5) is 0 Å². The van der Waals surface area contributed by atoms with E-state index < -0.39 is 10.0 Å². The maximum Gasteiger partial charge on any atom is 0.241 e. The van der Waals surface area contributed by atoms with E-state index in [0.29, 0.717) is 17.0 Å². The lowest BCUT2D eigenvalue weighted by molar-refractivity contribution is 0.310. The van der Waals surface area contributed by atoms with Crippen molar-refractivity contribution in [3.8, 4) is 0 Å². The van der Waals surface area contributed by atoms with Gasteiger partial charge in [-0.25, -0.2) is 13.1 Å². The smallest absolute Gasteiger partial charge is 0.241 e. The Morgan fingerprint density at radius 1 is 1.26 bits per heavy atom. The molecule has 6 heteroatoms. The third kappa shape index (κ3) is 3.38. The minimum absolute atomic E-state index is 0.0315. The van der Waals surface area contributed by atoms with Crippen molar-refractivity contribution in [3.63, 3.8) is 0 Å². The fraction of sp³-hybridized carbons (Fsp3) is 0.412. The molecule has 1 fully saturated rings. The molecule has 4 nitrogen and oxygen atoms in total. The summed E-state index contributed by atoms with van der Waals surface area (Å²) >= 11 is 6.24. The lowest BCUT2D eigenvalue weighted by atomic mass is 9.90. The normalized spacial score (nSPS) is 22.7. The molecule has 0 unspecified atom stereocenters. The number of nitrogens with one attached hydrogen (secondary N) is 1. The summed E-state index contributed by atoms with van der Waals surface area (Å²) in [5.41, 5.74) is -0.0315. The number of rotatable bonds is 4. The summed E-state index contributed by atoms with van der Waals surface area (Å²) in [6.07, 6.45) is 0.988. The molecular weight excluding hydrogens is 332 g/mol. The maximum absolute atomic E-state index is 12.8. The van der Waals surface area contributed by atoms with Crippen molar-refractivity contribution in [2.24, 2.45) is 5.41 Å². The summed E-state index contributed by atoms with van der Waals surface area (Å²) in [4.78, 5) is 2.47. The summed E-state index contributed by atoms with van der Waals surface area (Å²) in [7, 11) is -1.55. The molecule has 0 aromatic heterocycles. The molecule has 3 rings (SSSR count). The molecule has 0 aliphatic carbocycles. The molecule has 2 aromatic rings. The van der Waals surface area contributed by atoms with Crippen molar-refractivity contribution < 1.29 is 8.42 Å². The molecule has 124 valence electrons. The first-order valence-corrected chi connectivity index (χ1v) is 9.52. The number of benzene rings is 2. The Morgan fingerprint density at radius 2 is 1.96 bits per heavy atom. The zero-order chi connectivity index (χ0) is 16.7. The third-order valence-electron chi connectivity index (χ3n) is 4.54. The zero-order valence-corrected chi connectivity index (χ0v) is 14.9. The molecular formula is C17H21ClN2O2S. The molecule has 1 aliphatic heterocycles. The molecule has 2 aromatic carbocycles. The predicted molar refractivity (Wildman–Crippen MR) is 94.4 cm³/mol. The van der Waals surface area contributed by atoms with Crippen molar-refractivity contribution in [1.29, 1.82) is 0 Å². The van der Waals surface area contributed by atoms with Gasteiger partial charge in [-0.15, -0.1) is 0 Å². The van der Waals surface area contributed by atoms with E-state index in [4.69, 9.17) is 11.6 Å². The van der Waals surface area contributed by atoms with Crippen molar-refractivity contribution in [2.75, 3.05) is 26.7 Å². The highest BCUT2D eigenvalue weighted by molar-refractivity contribution is 7.89. The lowest BCUT2D eigenvalue weighted by Crippen LogP contribution is -2.37. The Kier molecular flexibility index (Phi) is 4.40. The molecule has 23 heavy (non-hydrogen) atoms. The summed E-state index contributed by atoms with van der Waals surface area (Å²) < 4.78 is 28.4. The minimum atomic E-state index is -3.61. The van der Waals surface area contributed by atoms with Gasteiger partial charge < -0.3 is 4.90 Å². The second-order valence-corrected chi connectivity index (χ2v) is 8.86. The first-order chi connectivity index (χ1) is 10.8. The first kappa shape index (κ1) is 16.7. The fourth-order valence-corrected chi connectivity index (χ4v) is 5.04. The average Bonchev–Trinajstić information content (AvgIpc) is 2.85. The van der Waals surface area contributed by atoms with Gasteiger partial charge >= 0.3 is 0 Å². The van der Waals surface area contributed by atoms with E-state index in [-0.39, 0.29) is 10.3 Å². The zero-order valence-electron chi connectivity index (χ0n) is 13.3. The summed E-state index contributed by atoms with van der Waals surface area (Å²) in [5, 5.41) is 1.86. The first-order valence-electron chi connectivity index (χ1n) is 7.66.